The minimum absolute atomic E-state index is 0.0354. The minimum Gasteiger partial charge on any atom is -0.320 e. The quantitative estimate of drug-likeness (QED) is 0.697. The zero-order valence-electron chi connectivity index (χ0n) is 8.67. The third-order valence-corrected chi connectivity index (χ3v) is 3.80. The van der Waals surface area contributed by atoms with Crippen molar-refractivity contribution in [2.24, 2.45) is 5.73 Å². The van der Waals surface area contributed by atoms with Gasteiger partial charge in [-0.3, -0.25) is 10.1 Å². The Morgan fingerprint density at radius 1 is 1.35 bits per heavy atom. The van der Waals surface area contributed by atoms with Gasteiger partial charge < -0.3 is 5.73 Å². The summed E-state index contributed by atoms with van der Waals surface area (Å²) in [6.07, 6.45) is 0. The monoisotopic (exact) mass is 312 g/mol. The lowest BCUT2D eigenvalue weighted by atomic mass is 10.0. The summed E-state index contributed by atoms with van der Waals surface area (Å²) < 4.78 is 0.462. The van der Waals surface area contributed by atoms with Gasteiger partial charge in [0.2, 0.25) is 0 Å². The van der Waals surface area contributed by atoms with Crippen LogP contribution in [-0.2, 0) is 0 Å². The third-order valence-electron chi connectivity index (χ3n) is 2.43. The number of halogens is 1. The van der Waals surface area contributed by atoms with E-state index in [0.717, 1.165) is 11.1 Å². The average Bonchev–Trinajstić information content (AvgIpc) is 2.81. The minimum atomic E-state index is -0.423. The number of benzene rings is 1. The molecule has 0 bridgehead atoms. The molecule has 2 rings (SSSR count). The number of nitrogens with zero attached hydrogens (tertiary/aromatic N) is 1. The van der Waals surface area contributed by atoms with Crippen LogP contribution >= 0.6 is 27.3 Å². The highest BCUT2D eigenvalue weighted by molar-refractivity contribution is 9.10. The Balaban J connectivity index is 2.40. The van der Waals surface area contributed by atoms with Crippen LogP contribution in [0, 0.1) is 10.1 Å². The maximum Gasteiger partial charge on any atom is 0.283 e. The first-order valence-electron chi connectivity index (χ1n) is 4.81. The topological polar surface area (TPSA) is 69.2 Å². The predicted octanol–water partition coefficient (Wildman–Crippen LogP) is 3.47. The molecule has 0 aliphatic rings. The Hall–Kier alpha value is -1.24. The van der Waals surface area contributed by atoms with Gasteiger partial charge in [0.1, 0.15) is 0 Å². The molecule has 0 aliphatic heterocycles. The van der Waals surface area contributed by atoms with Crippen molar-refractivity contribution in [1.29, 1.82) is 0 Å². The Morgan fingerprint density at radius 3 is 2.71 bits per heavy atom. The summed E-state index contributed by atoms with van der Waals surface area (Å²) >= 11 is 4.70. The van der Waals surface area contributed by atoms with Crippen LogP contribution in [0.5, 0.6) is 0 Å². The molecule has 0 saturated heterocycles. The molecule has 4 nitrogen and oxygen atoms in total. The first kappa shape index (κ1) is 12.2. The van der Waals surface area contributed by atoms with E-state index in [4.69, 9.17) is 5.73 Å². The van der Waals surface area contributed by atoms with Gasteiger partial charge in [0.05, 0.1) is 15.4 Å². The van der Waals surface area contributed by atoms with Crippen molar-refractivity contribution in [2.45, 2.75) is 6.04 Å². The standard InChI is InChI=1S/C11H9BrN2O2S/c12-9-2-1-7(5-10(9)14(15)16)11(13)8-3-4-17-6-8/h1-6,11H,13H2/t11-/m0/s1. The van der Waals surface area contributed by atoms with Crippen molar-refractivity contribution in [2.75, 3.05) is 0 Å². The van der Waals surface area contributed by atoms with Crippen molar-refractivity contribution in [3.63, 3.8) is 0 Å². The molecule has 0 amide bonds. The molecule has 0 fully saturated rings. The summed E-state index contributed by atoms with van der Waals surface area (Å²) in [5.41, 5.74) is 7.78. The lowest BCUT2D eigenvalue weighted by Crippen LogP contribution is -2.11. The van der Waals surface area contributed by atoms with Crippen LogP contribution < -0.4 is 5.73 Å². The molecule has 88 valence electrons. The van der Waals surface area contributed by atoms with E-state index in [2.05, 4.69) is 15.9 Å². The molecular formula is C11H9BrN2O2S. The van der Waals surface area contributed by atoms with Crippen LogP contribution in [0.15, 0.2) is 39.5 Å². The van der Waals surface area contributed by atoms with E-state index in [1.165, 1.54) is 6.07 Å². The van der Waals surface area contributed by atoms with Crippen molar-refractivity contribution < 1.29 is 4.92 Å². The molecular weight excluding hydrogens is 304 g/mol. The zero-order valence-corrected chi connectivity index (χ0v) is 11.1. The molecule has 1 aromatic carbocycles. The van der Waals surface area contributed by atoms with E-state index >= 15 is 0 Å². The first-order valence-corrected chi connectivity index (χ1v) is 6.54. The van der Waals surface area contributed by atoms with Gasteiger partial charge in [-0.25, -0.2) is 0 Å². The van der Waals surface area contributed by atoms with Crippen LogP contribution in [0.25, 0.3) is 0 Å². The number of nitrogens with two attached hydrogens (primary N) is 1. The van der Waals surface area contributed by atoms with E-state index in [-0.39, 0.29) is 11.7 Å². The normalized spacial score (nSPS) is 12.4. The summed E-state index contributed by atoms with van der Waals surface area (Å²) in [7, 11) is 0. The first-order chi connectivity index (χ1) is 8.09. The lowest BCUT2D eigenvalue weighted by molar-refractivity contribution is -0.385. The molecule has 1 aromatic heterocycles. The Bertz CT molecular complexity index is 542. The number of hydrogen-bond acceptors (Lipinski definition) is 4. The van der Waals surface area contributed by atoms with Gasteiger partial charge in [-0.2, -0.15) is 11.3 Å². The maximum absolute atomic E-state index is 10.8. The van der Waals surface area contributed by atoms with Crippen LogP contribution in [0.2, 0.25) is 0 Å². The third kappa shape index (κ3) is 2.54. The Morgan fingerprint density at radius 2 is 2.12 bits per heavy atom. The zero-order chi connectivity index (χ0) is 12.4. The largest absolute Gasteiger partial charge is 0.320 e. The van der Waals surface area contributed by atoms with Crippen LogP contribution in [0.3, 0.4) is 0 Å². The van der Waals surface area contributed by atoms with E-state index < -0.39 is 4.92 Å². The van der Waals surface area contributed by atoms with Crippen molar-refractivity contribution >= 4 is 33.0 Å². The summed E-state index contributed by atoms with van der Waals surface area (Å²) in [4.78, 5) is 10.4. The van der Waals surface area contributed by atoms with Gasteiger partial charge >= 0.3 is 0 Å². The molecule has 0 saturated carbocycles. The number of nitro benzene ring substituents is 1. The van der Waals surface area contributed by atoms with Gasteiger partial charge in [0.15, 0.2) is 0 Å². The second-order valence-electron chi connectivity index (χ2n) is 3.50. The van der Waals surface area contributed by atoms with Gasteiger partial charge in [0.25, 0.3) is 5.69 Å². The summed E-state index contributed by atoms with van der Waals surface area (Å²) in [5, 5.41) is 14.7. The fraction of sp³-hybridized carbons (Fsp3) is 0.0909. The Labute approximate surface area is 110 Å². The molecule has 0 aliphatic carbocycles. The SMILES string of the molecule is N[C@H](c1ccsc1)c1ccc(Br)c([N+](=O)[O-])c1. The molecule has 6 heteroatoms. The van der Waals surface area contributed by atoms with Crippen molar-refractivity contribution in [3.05, 3.63) is 60.7 Å². The molecule has 0 unspecified atom stereocenters. The molecule has 1 heterocycles. The second kappa shape index (κ2) is 4.95. The fourth-order valence-corrected chi connectivity index (χ4v) is 2.60. The average molecular weight is 313 g/mol. The number of rotatable bonds is 3. The predicted molar refractivity (Wildman–Crippen MR) is 71.1 cm³/mol. The molecule has 17 heavy (non-hydrogen) atoms. The summed E-state index contributed by atoms with van der Waals surface area (Å²) in [6, 6.07) is 6.54. The van der Waals surface area contributed by atoms with Crippen LogP contribution in [0.1, 0.15) is 17.2 Å². The highest BCUT2D eigenvalue weighted by atomic mass is 79.9. The smallest absolute Gasteiger partial charge is 0.283 e. The lowest BCUT2D eigenvalue weighted by Gasteiger charge is -2.10. The molecule has 0 radical (unpaired) electrons. The van der Waals surface area contributed by atoms with E-state index in [1.807, 2.05) is 16.8 Å². The highest BCUT2D eigenvalue weighted by Gasteiger charge is 2.16. The van der Waals surface area contributed by atoms with E-state index in [1.54, 1.807) is 23.5 Å². The van der Waals surface area contributed by atoms with Gasteiger partial charge in [-0.05, 0) is 49.9 Å². The fourth-order valence-electron chi connectivity index (χ4n) is 1.51. The molecule has 0 spiro atoms. The molecule has 2 N–H and O–H groups in total. The highest BCUT2D eigenvalue weighted by Crippen LogP contribution is 2.30. The van der Waals surface area contributed by atoms with Gasteiger partial charge in [0, 0.05) is 6.07 Å². The Kier molecular flexibility index (Phi) is 3.56. The summed E-state index contributed by atoms with van der Waals surface area (Å²) in [5.74, 6) is 0. The number of nitro groups is 1. The van der Waals surface area contributed by atoms with E-state index in [9.17, 15) is 10.1 Å². The van der Waals surface area contributed by atoms with E-state index in [0.29, 0.717) is 4.47 Å². The second-order valence-corrected chi connectivity index (χ2v) is 5.14. The summed E-state index contributed by atoms with van der Waals surface area (Å²) in [6.45, 7) is 0. The number of hydrogen-bond donors (Lipinski definition) is 1. The van der Waals surface area contributed by atoms with Crippen LogP contribution in [0.4, 0.5) is 5.69 Å². The van der Waals surface area contributed by atoms with Crippen molar-refractivity contribution in [1.82, 2.24) is 0 Å². The van der Waals surface area contributed by atoms with Crippen molar-refractivity contribution in [3.8, 4) is 0 Å². The number of thiophene rings is 1. The van der Waals surface area contributed by atoms with Crippen LogP contribution in [-0.4, -0.2) is 4.92 Å². The maximum atomic E-state index is 10.8. The molecule has 1 atom stereocenters. The molecule has 2 aromatic rings. The van der Waals surface area contributed by atoms with Gasteiger partial charge in [-0.1, -0.05) is 6.07 Å². The van der Waals surface area contributed by atoms with Gasteiger partial charge in [-0.15, -0.1) is 0 Å².